The molecular weight excluding hydrogens is 281 g/mol. The minimum Gasteiger partial charge on any atom is -0.326 e. The molecule has 0 aliphatic rings. The van der Waals surface area contributed by atoms with E-state index in [1.165, 1.54) is 18.3 Å². The number of benzene rings is 1. The molecular formula is C13H14FN3O2S. The van der Waals surface area contributed by atoms with Gasteiger partial charge < -0.3 is 5.73 Å². The summed E-state index contributed by atoms with van der Waals surface area (Å²) in [5.41, 5.74) is 6.98. The molecule has 3 N–H and O–H groups in total. The molecule has 1 aromatic heterocycles. The number of nitrogens with zero attached hydrogens (tertiary/aromatic N) is 1. The van der Waals surface area contributed by atoms with Gasteiger partial charge in [0.1, 0.15) is 10.7 Å². The lowest BCUT2D eigenvalue weighted by Gasteiger charge is -2.09. The summed E-state index contributed by atoms with van der Waals surface area (Å²) in [5.74, 6) is -0.832. The summed E-state index contributed by atoms with van der Waals surface area (Å²) < 4.78 is 40.4. The Labute approximate surface area is 116 Å². The van der Waals surface area contributed by atoms with Crippen LogP contribution in [0, 0.1) is 12.7 Å². The topological polar surface area (TPSA) is 85.1 Å². The van der Waals surface area contributed by atoms with E-state index in [1.807, 2.05) is 0 Å². The van der Waals surface area contributed by atoms with E-state index >= 15 is 0 Å². The molecule has 20 heavy (non-hydrogen) atoms. The first-order chi connectivity index (χ1) is 9.42. The van der Waals surface area contributed by atoms with Crippen molar-refractivity contribution in [3.63, 3.8) is 0 Å². The molecule has 2 rings (SSSR count). The Morgan fingerprint density at radius 2 is 2.05 bits per heavy atom. The van der Waals surface area contributed by atoms with Crippen molar-refractivity contribution >= 4 is 15.7 Å². The fourth-order valence-electron chi connectivity index (χ4n) is 1.71. The van der Waals surface area contributed by atoms with Crippen LogP contribution in [-0.4, -0.2) is 13.4 Å². The zero-order chi connectivity index (χ0) is 14.8. The Kier molecular flexibility index (Phi) is 4.01. The van der Waals surface area contributed by atoms with Crippen molar-refractivity contribution < 1.29 is 12.8 Å². The Morgan fingerprint density at radius 1 is 1.30 bits per heavy atom. The summed E-state index contributed by atoms with van der Waals surface area (Å²) in [6.45, 7) is 1.92. The number of rotatable bonds is 4. The zero-order valence-electron chi connectivity index (χ0n) is 10.8. The van der Waals surface area contributed by atoms with Crippen LogP contribution in [0.2, 0.25) is 0 Å². The summed E-state index contributed by atoms with van der Waals surface area (Å²) >= 11 is 0. The molecule has 106 valence electrons. The predicted molar refractivity (Wildman–Crippen MR) is 74.1 cm³/mol. The van der Waals surface area contributed by atoms with Crippen LogP contribution in [0.15, 0.2) is 41.6 Å². The van der Waals surface area contributed by atoms with Gasteiger partial charge in [0.05, 0.1) is 11.9 Å². The maximum atomic E-state index is 13.8. The number of halogens is 1. The number of hydrogen-bond acceptors (Lipinski definition) is 4. The molecule has 0 bridgehead atoms. The van der Waals surface area contributed by atoms with Gasteiger partial charge in [0, 0.05) is 12.7 Å². The van der Waals surface area contributed by atoms with E-state index in [1.54, 1.807) is 19.2 Å². The molecule has 5 nitrogen and oxygen atoms in total. The van der Waals surface area contributed by atoms with Gasteiger partial charge in [-0.15, -0.1) is 0 Å². The fraction of sp³-hybridized carbons (Fsp3) is 0.154. The molecule has 0 radical (unpaired) electrons. The van der Waals surface area contributed by atoms with Crippen LogP contribution in [0.5, 0.6) is 0 Å². The molecule has 0 fully saturated rings. The van der Waals surface area contributed by atoms with Crippen molar-refractivity contribution in [2.24, 2.45) is 5.73 Å². The number of aromatic nitrogens is 1. The molecule has 0 aliphatic heterocycles. The Morgan fingerprint density at radius 3 is 2.65 bits per heavy atom. The highest BCUT2D eigenvalue weighted by atomic mass is 32.2. The van der Waals surface area contributed by atoms with Crippen molar-refractivity contribution in [2.75, 3.05) is 4.72 Å². The molecule has 0 amide bonds. The molecule has 0 aliphatic carbocycles. The molecule has 2 aromatic rings. The van der Waals surface area contributed by atoms with Gasteiger partial charge in [-0.1, -0.05) is 6.07 Å². The monoisotopic (exact) mass is 295 g/mol. The van der Waals surface area contributed by atoms with Crippen molar-refractivity contribution in [1.29, 1.82) is 0 Å². The fourth-order valence-corrected chi connectivity index (χ4v) is 2.80. The van der Waals surface area contributed by atoms with E-state index in [0.29, 0.717) is 5.56 Å². The van der Waals surface area contributed by atoms with Crippen LogP contribution < -0.4 is 10.5 Å². The average Bonchev–Trinajstić information content (AvgIpc) is 2.37. The molecule has 0 atom stereocenters. The Balaban J connectivity index is 2.36. The second kappa shape index (κ2) is 5.56. The van der Waals surface area contributed by atoms with Gasteiger partial charge in [-0.05, 0) is 36.2 Å². The number of hydrogen-bond donors (Lipinski definition) is 2. The highest BCUT2D eigenvalue weighted by molar-refractivity contribution is 7.92. The first-order valence-corrected chi connectivity index (χ1v) is 7.33. The van der Waals surface area contributed by atoms with Crippen LogP contribution in [0.1, 0.15) is 11.1 Å². The summed E-state index contributed by atoms with van der Waals surface area (Å²) in [6.07, 6.45) is 2.95. The summed E-state index contributed by atoms with van der Waals surface area (Å²) in [5, 5.41) is 0. The third kappa shape index (κ3) is 3.12. The van der Waals surface area contributed by atoms with E-state index in [4.69, 9.17) is 5.73 Å². The van der Waals surface area contributed by atoms with Gasteiger partial charge in [0.2, 0.25) is 0 Å². The third-order valence-corrected chi connectivity index (χ3v) is 4.06. The molecule has 0 spiro atoms. The quantitative estimate of drug-likeness (QED) is 0.900. The van der Waals surface area contributed by atoms with Crippen molar-refractivity contribution in [1.82, 2.24) is 4.98 Å². The van der Waals surface area contributed by atoms with Crippen LogP contribution in [0.25, 0.3) is 0 Å². The van der Waals surface area contributed by atoms with Gasteiger partial charge >= 0.3 is 0 Å². The smallest absolute Gasteiger partial charge is 0.264 e. The van der Waals surface area contributed by atoms with Crippen LogP contribution in [0.3, 0.4) is 0 Å². The number of anilines is 1. The number of nitrogens with two attached hydrogens (primary N) is 1. The lowest BCUT2D eigenvalue weighted by Crippen LogP contribution is -2.15. The zero-order valence-corrected chi connectivity index (χ0v) is 11.6. The summed E-state index contributed by atoms with van der Waals surface area (Å²) in [4.78, 5) is 3.45. The Bertz CT molecular complexity index is 732. The summed E-state index contributed by atoms with van der Waals surface area (Å²) in [6, 6.07) is 5.40. The largest absolute Gasteiger partial charge is 0.326 e. The number of pyridine rings is 1. The summed E-state index contributed by atoms with van der Waals surface area (Å²) in [7, 11) is -3.99. The van der Waals surface area contributed by atoms with E-state index in [-0.39, 0.29) is 12.2 Å². The normalized spacial score (nSPS) is 11.3. The predicted octanol–water partition coefficient (Wildman–Crippen LogP) is 1.79. The standard InChI is InChI=1S/C13H14FN3O2S/c1-9-4-11(8-16-7-9)17-20(18,19)13-3-2-10(6-15)5-12(13)14/h2-5,7-8,17H,6,15H2,1H3. The first kappa shape index (κ1) is 14.4. The third-order valence-electron chi connectivity index (χ3n) is 2.65. The van der Waals surface area contributed by atoms with Crippen molar-refractivity contribution in [3.8, 4) is 0 Å². The van der Waals surface area contributed by atoms with Gasteiger partial charge in [-0.25, -0.2) is 12.8 Å². The SMILES string of the molecule is Cc1cncc(NS(=O)(=O)c2ccc(CN)cc2F)c1. The lowest BCUT2D eigenvalue weighted by molar-refractivity contribution is 0.569. The minimum atomic E-state index is -3.99. The van der Waals surface area contributed by atoms with E-state index in [2.05, 4.69) is 9.71 Å². The van der Waals surface area contributed by atoms with E-state index in [9.17, 15) is 12.8 Å². The molecule has 0 saturated heterocycles. The van der Waals surface area contributed by atoms with Crippen LogP contribution in [-0.2, 0) is 16.6 Å². The highest BCUT2D eigenvalue weighted by Crippen LogP contribution is 2.19. The van der Waals surface area contributed by atoms with Gasteiger partial charge in [-0.3, -0.25) is 9.71 Å². The molecule has 0 saturated carbocycles. The van der Waals surface area contributed by atoms with Crippen molar-refractivity contribution in [2.45, 2.75) is 18.4 Å². The van der Waals surface area contributed by atoms with Crippen LogP contribution in [0.4, 0.5) is 10.1 Å². The average molecular weight is 295 g/mol. The lowest BCUT2D eigenvalue weighted by atomic mass is 10.2. The van der Waals surface area contributed by atoms with Gasteiger partial charge in [0.25, 0.3) is 10.0 Å². The van der Waals surface area contributed by atoms with Gasteiger partial charge in [-0.2, -0.15) is 0 Å². The van der Waals surface area contributed by atoms with E-state index in [0.717, 1.165) is 11.6 Å². The molecule has 0 unspecified atom stereocenters. The number of aryl methyl sites for hydroxylation is 1. The highest BCUT2D eigenvalue weighted by Gasteiger charge is 2.19. The van der Waals surface area contributed by atoms with Crippen molar-refractivity contribution in [3.05, 3.63) is 53.6 Å². The molecule has 1 aromatic carbocycles. The first-order valence-electron chi connectivity index (χ1n) is 5.85. The minimum absolute atomic E-state index is 0.145. The Hall–Kier alpha value is -1.99. The number of sulfonamides is 1. The second-order valence-corrected chi connectivity index (χ2v) is 5.98. The maximum Gasteiger partial charge on any atom is 0.264 e. The number of nitrogens with one attached hydrogen (secondary N) is 1. The van der Waals surface area contributed by atoms with E-state index < -0.39 is 20.7 Å². The maximum absolute atomic E-state index is 13.8. The second-order valence-electron chi connectivity index (χ2n) is 4.33. The van der Waals surface area contributed by atoms with Crippen LogP contribution >= 0.6 is 0 Å². The molecule has 1 heterocycles. The van der Waals surface area contributed by atoms with Gasteiger partial charge in [0.15, 0.2) is 0 Å². The molecule has 7 heteroatoms.